The summed E-state index contributed by atoms with van der Waals surface area (Å²) < 4.78 is 11.0. The van der Waals surface area contributed by atoms with Crippen LogP contribution in [0.2, 0.25) is 0 Å². The van der Waals surface area contributed by atoms with E-state index >= 15 is 0 Å². The van der Waals surface area contributed by atoms with Crippen LogP contribution in [-0.4, -0.2) is 29.7 Å². The van der Waals surface area contributed by atoms with Crippen molar-refractivity contribution in [3.8, 4) is 0 Å². The van der Waals surface area contributed by atoms with Crippen LogP contribution in [-0.2, 0) is 14.3 Å². The lowest BCUT2D eigenvalue weighted by atomic mass is 10.2. The van der Waals surface area contributed by atoms with Crippen LogP contribution in [0.4, 0.5) is 0 Å². The van der Waals surface area contributed by atoms with Gasteiger partial charge in [0.2, 0.25) is 0 Å². The molecule has 11 heavy (non-hydrogen) atoms. The summed E-state index contributed by atoms with van der Waals surface area (Å²) >= 11 is 0. The molecule has 5 nitrogen and oxygen atoms in total. The maximum atomic E-state index is 10.4. The zero-order valence-corrected chi connectivity index (χ0v) is 5.95. The van der Waals surface area contributed by atoms with E-state index in [4.69, 9.17) is 12.2 Å². The number of esters is 1. The highest BCUT2D eigenvalue weighted by molar-refractivity contribution is 5.73. The largest absolute Gasteiger partial charge is 0.480 e. The molecule has 0 spiro atoms. The number of carboxylic acids is 1. The molecular formula is C6H11NO4. The predicted molar refractivity (Wildman–Crippen MR) is 36.9 cm³/mol. The van der Waals surface area contributed by atoms with Crippen LogP contribution in [0.5, 0.6) is 0 Å². The number of ether oxygens (including phenoxy) is 1. The van der Waals surface area contributed by atoms with Crippen LogP contribution in [0.25, 0.3) is 0 Å². The molecule has 0 aliphatic heterocycles. The first-order chi connectivity index (χ1) is 5.57. The highest BCUT2D eigenvalue weighted by atomic mass is 16.5. The van der Waals surface area contributed by atoms with Crippen LogP contribution >= 0.6 is 0 Å². The van der Waals surface area contributed by atoms with E-state index in [-0.39, 0.29) is 13.0 Å². The molecule has 0 saturated heterocycles. The Balaban J connectivity index is 3.43. The van der Waals surface area contributed by atoms with Crippen molar-refractivity contribution in [2.45, 2.75) is 19.4 Å². The average Bonchev–Trinajstić information content (AvgIpc) is 2.03. The molecule has 0 amide bonds. The van der Waals surface area contributed by atoms with Gasteiger partial charge in [0.25, 0.3) is 0 Å². The van der Waals surface area contributed by atoms with Gasteiger partial charge in [-0.3, -0.25) is 9.59 Å². The topological polar surface area (TPSA) is 89.6 Å². The number of carboxylic acid groups (broad SMARTS) is 1. The Morgan fingerprint density at radius 1 is 1.82 bits per heavy atom. The maximum absolute atomic E-state index is 10.4. The Morgan fingerprint density at radius 2 is 2.45 bits per heavy atom. The third kappa shape index (κ3) is 5.35. The minimum Gasteiger partial charge on any atom is -0.480 e. The number of rotatable bonds is 4. The van der Waals surface area contributed by atoms with E-state index in [1.807, 2.05) is 0 Å². The van der Waals surface area contributed by atoms with Crippen molar-refractivity contribution in [3.63, 3.8) is 0 Å². The first-order valence-corrected chi connectivity index (χ1v) is 3.01. The minimum absolute atomic E-state index is 0.0504. The SMILES string of the molecule is [2H]CC(=O)OCC[C@H](N)C(=O)O. The molecule has 0 fully saturated rings. The Bertz CT molecular complexity index is 173. The summed E-state index contributed by atoms with van der Waals surface area (Å²) in [6, 6.07) is -1.01. The minimum atomic E-state index is -1.13. The molecule has 0 heterocycles. The molecule has 1 atom stereocenters. The van der Waals surface area contributed by atoms with Gasteiger partial charge in [-0.1, -0.05) is 0 Å². The molecule has 0 saturated carbocycles. The lowest BCUT2D eigenvalue weighted by Crippen LogP contribution is -2.31. The molecule has 5 heteroatoms. The van der Waals surface area contributed by atoms with Crippen molar-refractivity contribution < 1.29 is 20.8 Å². The monoisotopic (exact) mass is 162 g/mol. The Morgan fingerprint density at radius 3 is 2.91 bits per heavy atom. The first-order valence-electron chi connectivity index (χ1n) is 3.72. The van der Waals surface area contributed by atoms with Gasteiger partial charge in [0.05, 0.1) is 6.61 Å². The Kier molecular flexibility index (Phi) is 3.40. The summed E-state index contributed by atoms with van der Waals surface area (Å²) in [6.07, 6.45) is 0.0705. The lowest BCUT2D eigenvalue weighted by Gasteiger charge is -2.04. The molecular weight excluding hydrogens is 150 g/mol. The zero-order valence-electron chi connectivity index (χ0n) is 6.95. The number of carbonyl (C=O) groups is 2. The second kappa shape index (κ2) is 4.68. The average molecular weight is 162 g/mol. The van der Waals surface area contributed by atoms with Crippen molar-refractivity contribution in [1.29, 1.82) is 0 Å². The molecule has 0 aliphatic rings. The van der Waals surface area contributed by atoms with Crippen molar-refractivity contribution in [2.75, 3.05) is 6.61 Å². The molecule has 0 rings (SSSR count). The van der Waals surface area contributed by atoms with Gasteiger partial charge < -0.3 is 15.6 Å². The zero-order chi connectivity index (χ0) is 9.56. The van der Waals surface area contributed by atoms with Gasteiger partial charge in [0.1, 0.15) is 6.04 Å². The van der Waals surface area contributed by atoms with Gasteiger partial charge in [0, 0.05) is 14.7 Å². The van der Waals surface area contributed by atoms with Crippen LogP contribution in [0, 0.1) is 0 Å². The second-order valence-electron chi connectivity index (χ2n) is 1.95. The summed E-state index contributed by atoms with van der Waals surface area (Å²) in [6.45, 7) is -0.506. The first kappa shape index (κ1) is 8.00. The van der Waals surface area contributed by atoms with E-state index in [1.54, 1.807) is 0 Å². The fourth-order valence-corrected chi connectivity index (χ4v) is 0.423. The highest BCUT2D eigenvalue weighted by Gasteiger charge is 2.10. The number of hydrogen-bond acceptors (Lipinski definition) is 4. The summed E-state index contributed by atoms with van der Waals surface area (Å²) in [5.41, 5.74) is 5.11. The number of carbonyl (C=O) groups excluding carboxylic acids is 1. The van der Waals surface area contributed by atoms with E-state index < -0.39 is 24.9 Å². The van der Waals surface area contributed by atoms with Crippen molar-refractivity contribution in [3.05, 3.63) is 0 Å². The molecule has 0 radical (unpaired) electrons. The lowest BCUT2D eigenvalue weighted by molar-refractivity contribution is -0.144. The van der Waals surface area contributed by atoms with Crippen LogP contribution in [0.1, 0.15) is 14.7 Å². The van der Waals surface area contributed by atoms with E-state index in [0.29, 0.717) is 0 Å². The van der Waals surface area contributed by atoms with E-state index in [9.17, 15) is 9.59 Å². The number of hydrogen-bond donors (Lipinski definition) is 2. The fourth-order valence-electron chi connectivity index (χ4n) is 0.423. The smallest absolute Gasteiger partial charge is 0.320 e. The Hall–Kier alpha value is -1.10. The molecule has 0 aromatic rings. The quantitative estimate of drug-likeness (QED) is 0.536. The van der Waals surface area contributed by atoms with Gasteiger partial charge >= 0.3 is 11.9 Å². The van der Waals surface area contributed by atoms with E-state index in [1.165, 1.54) is 0 Å². The van der Waals surface area contributed by atoms with Crippen LogP contribution < -0.4 is 5.73 Å². The molecule has 64 valence electrons. The van der Waals surface area contributed by atoms with E-state index in [0.717, 1.165) is 0 Å². The number of nitrogens with two attached hydrogens (primary N) is 1. The van der Waals surface area contributed by atoms with Gasteiger partial charge in [-0.15, -0.1) is 0 Å². The summed E-state index contributed by atoms with van der Waals surface area (Å²) in [4.78, 5) is 20.5. The summed E-state index contributed by atoms with van der Waals surface area (Å²) in [5.74, 6) is -1.80. The third-order valence-electron chi connectivity index (χ3n) is 1.01. The molecule has 0 bridgehead atoms. The normalized spacial score (nSPS) is 13.4. The standard InChI is InChI=1S/C6H11NO4/c1-4(8)11-3-2-5(7)6(9)10/h5H,2-3,7H2,1H3,(H,9,10)/t5-/m0/s1/i1D. The molecule has 0 unspecified atom stereocenters. The molecule has 0 aromatic heterocycles. The van der Waals surface area contributed by atoms with Gasteiger partial charge in [-0.25, -0.2) is 0 Å². The molecule has 0 aromatic carbocycles. The van der Waals surface area contributed by atoms with Crippen LogP contribution in [0.15, 0.2) is 0 Å². The third-order valence-corrected chi connectivity index (χ3v) is 1.01. The van der Waals surface area contributed by atoms with Crippen molar-refractivity contribution in [2.24, 2.45) is 5.73 Å². The predicted octanol–water partition coefficient (Wildman–Crippen LogP) is -0.648. The summed E-state index contributed by atoms with van der Waals surface area (Å²) in [7, 11) is 0. The van der Waals surface area contributed by atoms with Gasteiger partial charge in [0.15, 0.2) is 0 Å². The van der Waals surface area contributed by atoms with Gasteiger partial charge in [-0.05, 0) is 0 Å². The van der Waals surface area contributed by atoms with Crippen molar-refractivity contribution >= 4 is 11.9 Å². The second-order valence-corrected chi connectivity index (χ2v) is 1.95. The van der Waals surface area contributed by atoms with E-state index in [2.05, 4.69) is 4.74 Å². The molecule has 0 aliphatic carbocycles. The number of aliphatic carboxylic acids is 1. The van der Waals surface area contributed by atoms with Gasteiger partial charge in [-0.2, -0.15) is 0 Å². The molecule has 3 N–H and O–H groups in total. The van der Waals surface area contributed by atoms with Crippen LogP contribution in [0.3, 0.4) is 0 Å². The highest BCUT2D eigenvalue weighted by Crippen LogP contribution is 1.89. The van der Waals surface area contributed by atoms with Crippen molar-refractivity contribution in [1.82, 2.24) is 0 Å². The maximum Gasteiger partial charge on any atom is 0.320 e. The Labute approximate surface area is 65.5 Å². The fraction of sp³-hybridized carbons (Fsp3) is 0.667. The summed E-state index contributed by atoms with van der Waals surface area (Å²) in [5, 5.41) is 8.30.